The Morgan fingerprint density at radius 1 is 1.26 bits per heavy atom. The molecule has 3 rings (SSSR count). The molecule has 1 atom stereocenters. The van der Waals surface area contributed by atoms with Crippen LogP contribution in [0.4, 0.5) is 5.69 Å². The number of carboxylic acid groups (broad SMARTS) is 1. The first kappa shape index (κ1) is 24.3. The van der Waals surface area contributed by atoms with Gasteiger partial charge in [0, 0.05) is 11.1 Å². The lowest BCUT2D eigenvalue weighted by Gasteiger charge is -2.40. The third kappa shape index (κ3) is 4.02. The van der Waals surface area contributed by atoms with Crippen LogP contribution in [0.3, 0.4) is 0 Å². The Balaban J connectivity index is 0.00000341. The maximum Gasteiger partial charge on any atom is 0.336 e. The zero-order valence-electron chi connectivity index (χ0n) is 18.5. The minimum Gasteiger partial charge on any atom is -0.507 e. The van der Waals surface area contributed by atoms with Gasteiger partial charge in [0.25, 0.3) is 0 Å². The van der Waals surface area contributed by atoms with E-state index in [1.165, 1.54) is 0 Å². The summed E-state index contributed by atoms with van der Waals surface area (Å²) in [6, 6.07) is 3.34. The molecule has 1 unspecified atom stereocenters. The molecule has 1 aliphatic heterocycles. The third-order valence-electron chi connectivity index (χ3n) is 6.21. The second kappa shape index (κ2) is 8.67. The minimum atomic E-state index is -1.07. The van der Waals surface area contributed by atoms with E-state index >= 15 is 0 Å². The summed E-state index contributed by atoms with van der Waals surface area (Å²) < 4.78 is 6.54. The molecule has 0 amide bonds. The standard InChI is InChI=1S/C23H29N3O4.ClH/c1-6-14-7-8-16(21(28)29)17(18(14)26-22(24)25)23(5)10-9-15-13(4)19(27)11(2)12(3)20(15)30-23;/h7-8,27H,6,9-10H2,1-5H3,(H,28,29)(H4,24,25,26);1H. The highest BCUT2D eigenvalue weighted by molar-refractivity contribution is 5.97. The highest BCUT2D eigenvalue weighted by Crippen LogP contribution is 2.48. The number of fused-ring (bicyclic) bond motifs is 1. The van der Waals surface area contributed by atoms with Crippen LogP contribution in [0.25, 0.3) is 0 Å². The number of carboxylic acids is 1. The average Bonchev–Trinajstić information content (AvgIpc) is 2.69. The van der Waals surface area contributed by atoms with E-state index in [2.05, 4.69) is 5.32 Å². The number of hydrogen-bond acceptors (Lipinski definition) is 4. The Labute approximate surface area is 188 Å². The van der Waals surface area contributed by atoms with Gasteiger partial charge in [0.05, 0.1) is 11.3 Å². The van der Waals surface area contributed by atoms with Crippen molar-refractivity contribution in [3.8, 4) is 11.5 Å². The lowest BCUT2D eigenvalue weighted by Crippen LogP contribution is -2.38. The number of rotatable bonds is 4. The molecule has 7 nitrogen and oxygen atoms in total. The van der Waals surface area contributed by atoms with E-state index in [1.54, 1.807) is 12.1 Å². The van der Waals surface area contributed by atoms with Crippen molar-refractivity contribution in [3.05, 3.63) is 51.1 Å². The largest absolute Gasteiger partial charge is 0.507 e. The van der Waals surface area contributed by atoms with Crippen molar-refractivity contribution in [3.63, 3.8) is 0 Å². The van der Waals surface area contributed by atoms with E-state index < -0.39 is 11.6 Å². The predicted molar refractivity (Wildman–Crippen MR) is 124 cm³/mol. The quantitative estimate of drug-likeness (QED) is 0.345. The first-order chi connectivity index (χ1) is 14.0. The SMILES string of the molecule is CCc1ccc(C(=O)O)c(C2(C)CCc3c(C)c(O)c(C)c(C)c3O2)c1NC(=N)N.Cl. The normalized spacial score (nSPS) is 17.2. The molecule has 0 saturated carbocycles. The molecule has 0 aromatic heterocycles. The van der Waals surface area contributed by atoms with Gasteiger partial charge in [-0.2, -0.15) is 0 Å². The van der Waals surface area contributed by atoms with E-state index in [1.807, 2.05) is 34.6 Å². The molecule has 2 aromatic rings. The Hall–Kier alpha value is -2.93. The van der Waals surface area contributed by atoms with Gasteiger partial charge < -0.3 is 26.0 Å². The molecule has 31 heavy (non-hydrogen) atoms. The number of nitrogens with one attached hydrogen (secondary N) is 2. The van der Waals surface area contributed by atoms with Crippen molar-refractivity contribution in [2.75, 3.05) is 5.32 Å². The number of carbonyl (C=O) groups is 1. The van der Waals surface area contributed by atoms with Crippen LogP contribution < -0.4 is 15.8 Å². The van der Waals surface area contributed by atoms with E-state index in [9.17, 15) is 15.0 Å². The van der Waals surface area contributed by atoms with Crippen LogP contribution in [0.5, 0.6) is 11.5 Å². The van der Waals surface area contributed by atoms with Gasteiger partial charge in [0.2, 0.25) is 0 Å². The van der Waals surface area contributed by atoms with Gasteiger partial charge in [-0.25, -0.2) is 4.79 Å². The Bertz CT molecular complexity index is 1070. The molecule has 1 heterocycles. The van der Waals surface area contributed by atoms with E-state index in [0.717, 1.165) is 27.8 Å². The van der Waals surface area contributed by atoms with E-state index in [4.69, 9.17) is 15.9 Å². The highest BCUT2D eigenvalue weighted by atomic mass is 35.5. The molecule has 8 heteroatoms. The van der Waals surface area contributed by atoms with Crippen LogP contribution in [0.15, 0.2) is 12.1 Å². The topological polar surface area (TPSA) is 129 Å². The number of nitrogens with two attached hydrogens (primary N) is 1. The fraction of sp³-hybridized carbons (Fsp3) is 0.391. The van der Waals surface area contributed by atoms with Crippen LogP contribution in [0.1, 0.15) is 64.0 Å². The zero-order chi connectivity index (χ0) is 22.4. The molecular weight excluding hydrogens is 418 g/mol. The number of phenols is 1. The van der Waals surface area contributed by atoms with Crippen LogP contribution in [-0.4, -0.2) is 22.1 Å². The van der Waals surface area contributed by atoms with Crippen molar-refractivity contribution in [1.82, 2.24) is 0 Å². The lowest BCUT2D eigenvalue weighted by molar-refractivity contribution is 0.0553. The molecule has 0 aliphatic carbocycles. The Morgan fingerprint density at radius 3 is 2.45 bits per heavy atom. The van der Waals surface area contributed by atoms with Gasteiger partial charge in [-0.15, -0.1) is 12.4 Å². The molecule has 1 aliphatic rings. The second-order valence-corrected chi connectivity index (χ2v) is 8.08. The molecule has 168 valence electrons. The summed E-state index contributed by atoms with van der Waals surface area (Å²) in [7, 11) is 0. The molecule has 0 saturated heterocycles. The van der Waals surface area contributed by atoms with Crippen molar-refractivity contribution < 1.29 is 19.7 Å². The maximum atomic E-state index is 12.1. The van der Waals surface area contributed by atoms with Gasteiger partial charge in [-0.1, -0.05) is 13.0 Å². The van der Waals surface area contributed by atoms with Gasteiger partial charge >= 0.3 is 5.97 Å². The van der Waals surface area contributed by atoms with Gasteiger partial charge in [-0.05, 0) is 75.3 Å². The van der Waals surface area contributed by atoms with Crippen molar-refractivity contribution in [2.45, 2.75) is 59.5 Å². The molecule has 0 spiro atoms. The van der Waals surface area contributed by atoms with Gasteiger partial charge in [-0.3, -0.25) is 5.41 Å². The molecule has 2 aromatic carbocycles. The average molecular weight is 448 g/mol. The maximum absolute atomic E-state index is 12.1. The summed E-state index contributed by atoms with van der Waals surface area (Å²) in [5.41, 5.74) is 9.97. The van der Waals surface area contributed by atoms with Crippen LogP contribution in [0.2, 0.25) is 0 Å². The predicted octanol–water partition coefficient (Wildman–Crippen LogP) is 4.55. The minimum absolute atomic E-state index is 0. The van der Waals surface area contributed by atoms with Gasteiger partial charge in [0.1, 0.15) is 17.1 Å². The first-order valence-corrected chi connectivity index (χ1v) is 10.0. The number of phenolic OH excluding ortho intramolecular Hbond substituents is 1. The number of aryl methyl sites for hydroxylation is 1. The van der Waals surface area contributed by atoms with Gasteiger partial charge in [0.15, 0.2) is 5.96 Å². The summed E-state index contributed by atoms with van der Waals surface area (Å²) >= 11 is 0. The fourth-order valence-corrected chi connectivity index (χ4v) is 4.37. The van der Waals surface area contributed by atoms with Crippen LogP contribution in [0, 0.1) is 26.2 Å². The molecule has 6 N–H and O–H groups in total. The number of aromatic carboxylic acids is 1. The zero-order valence-corrected chi connectivity index (χ0v) is 19.3. The smallest absolute Gasteiger partial charge is 0.336 e. The number of hydrogen-bond donors (Lipinski definition) is 5. The number of halogens is 1. The van der Waals surface area contributed by atoms with Crippen molar-refractivity contribution in [2.24, 2.45) is 5.73 Å². The fourth-order valence-electron chi connectivity index (χ4n) is 4.37. The molecule has 0 fully saturated rings. The number of benzene rings is 2. The number of anilines is 1. The van der Waals surface area contributed by atoms with Crippen LogP contribution >= 0.6 is 12.4 Å². The lowest BCUT2D eigenvalue weighted by atomic mass is 9.80. The molecule has 0 bridgehead atoms. The van der Waals surface area contributed by atoms with Crippen molar-refractivity contribution >= 4 is 30.0 Å². The van der Waals surface area contributed by atoms with E-state index in [0.29, 0.717) is 36.3 Å². The summed E-state index contributed by atoms with van der Waals surface area (Å²) in [5, 5.41) is 30.9. The summed E-state index contributed by atoms with van der Waals surface area (Å²) in [4.78, 5) is 12.1. The summed E-state index contributed by atoms with van der Waals surface area (Å²) in [6.07, 6.45) is 1.78. The number of guanidine groups is 1. The first-order valence-electron chi connectivity index (χ1n) is 10.0. The number of aromatic hydroxyl groups is 1. The third-order valence-corrected chi connectivity index (χ3v) is 6.21. The molecular formula is C23H30ClN3O4. The van der Waals surface area contributed by atoms with Crippen LogP contribution in [-0.2, 0) is 18.4 Å². The molecule has 0 radical (unpaired) electrons. The monoisotopic (exact) mass is 447 g/mol. The summed E-state index contributed by atoms with van der Waals surface area (Å²) in [5.74, 6) is -0.370. The van der Waals surface area contributed by atoms with Crippen molar-refractivity contribution in [1.29, 1.82) is 5.41 Å². The number of ether oxygens (including phenoxy) is 1. The highest BCUT2D eigenvalue weighted by Gasteiger charge is 2.41. The van der Waals surface area contributed by atoms with E-state index in [-0.39, 0.29) is 29.7 Å². The second-order valence-electron chi connectivity index (χ2n) is 8.08. The summed E-state index contributed by atoms with van der Waals surface area (Å²) in [6.45, 7) is 9.45. The Kier molecular flexibility index (Phi) is 6.81. The Morgan fingerprint density at radius 2 is 1.90 bits per heavy atom.